The van der Waals surface area contributed by atoms with E-state index in [-0.39, 0.29) is 11.9 Å². The van der Waals surface area contributed by atoms with Gasteiger partial charge in [-0.3, -0.25) is 4.79 Å². The largest absolute Gasteiger partial charge is 0.431 e. The summed E-state index contributed by atoms with van der Waals surface area (Å²) in [6.45, 7) is 4.17. The van der Waals surface area contributed by atoms with E-state index in [0.29, 0.717) is 0 Å². The second kappa shape index (κ2) is 8.70. The summed E-state index contributed by atoms with van der Waals surface area (Å²) in [4.78, 5) is 12.2. The summed E-state index contributed by atoms with van der Waals surface area (Å²) in [6, 6.07) is 9.54. The van der Waals surface area contributed by atoms with Crippen LogP contribution in [0.25, 0.3) is 0 Å². The van der Waals surface area contributed by atoms with Crippen molar-refractivity contribution in [1.29, 1.82) is 0 Å². The Balaban J connectivity index is 2.66. The van der Waals surface area contributed by atoms with Crippen LogP contribution in [0.1, 0.15) is 51.4 Å². The summed E-state index contributed by atoms with van der Waals surface area (Å²) in [5.74, 6) is -0.171. The summed E-state index contributed by atoms with van der Waals surface area (Å²) >= 11 is 0. The molecule has 0 aromatic heterocycles. The summed E-state index contributed by atoms with van der Waals surface area (Å²) in [5, 5.41) is 0. The summed E-state index contributed by atoms with van der Waals surface area (Å²) in [5.41, 5.74) is 0.866. The molecule has 1 aromatic rings. The van der Waals surface area contributed by atoms with Crippen LogP contribution in [-0.4, -0.2) is 13.1 Å². The number of hydrogen-bond donors (Lipinski definition) is 0. The molecule has 3 nitrogen and oxygen atoms in total. The lowest BCUT2D eigenvalue weighted by Crippen LogP contribution is -2.21. The van der Waals surface area contributed by atoms with Gasteiger partial charge in [0.25, 0.3) is 0 Å². The zero-order chi connectivity index (χ0) is 14.1. The van der Waals surface area contributed by atoms with Gasteiger partial charge in [0, 0.05) is 12.7 Å². The first-order chi connectivity index (χ1) is 9.22. The molecule has 0 radical (unpaired) electrons. The maximum atomic E-state index is 12.2. The Morgan fingerprint density at radius 1 is 1.11 bits per heavy atom. The van der Waals surface area contributed by atoms with Crippen molar-refractivity contribution in [2.75, 3.05) is 7.11 Å². The molecule has 0 saturated heterocycles. The third-order valence-electron chi connectivity index (χ3n) is 3.12. The normalized spacial score (nSPS) is 12.4. The highest BCUT2D eigenvalue weighted by atomic mass is 16.7. The van der Waals surface area contributed by atoms with Gasteiger partial charge in [0.1, 0.15) is 0 Å². The SMILES string of the molecule is CCCC(CCC)C(=O)OC(OC)c1ccccc1. The van der Waals surface area contributed by atoms with Gasteiger partial charge in [-0.25, -0.2) is 0 Å². The van der Waals surface area contributed by atoms with E-state index in [9.17, 15) is 4.79 Å². The molecule has 0 saturated carbocycles. The quantitative estimate of drug-likeness (QED) is 0.524. The fourth-order valence-electron chi connectivity index (χ4n) is 2.14. The molecule has 0 fully saturated rings. The molecule has 0 amide bonds. The third kappa shape index (κ3) is 5.03. The molecule has 1 aromatic carbocycles. The Kier molecular flexibility index (Phi) is 7.19. The van der Waals surface area contributed by atoms with E-state index in [1.54, 1.807) is 7.11 Å². The fourth-order valence-corrected chi connectivity index (χ4v) is 2.14. The number of methoxy groups -OCH3 is 1. The van der Waals surface area contributed by atoms with Gasteiger partial charge in [-0.05, 0) is 12.8 Å². The first-order valence-electron chi connectivity index (χ1n) is 7.01. The zero-order valence-corrected chi connectivity index (χ0v) is 12.1. The highest BCUT2D eigenvalue weighted by Gasteiger charge is 2.22. The van der Waals surface area contributed by atoms with Crippen LogP contribution < -0.4 is 0 Å². The summed E-state index contributed by atoms with van der Waals surface area (Å²) in [6.07, 6.45) is 3.12. The first kappa shape index (κ1) is 15.7. The number of carbonyl (C=O) groups is 1. The highest BCUT2D eigenvalue weighted by molar-refractivity contribution is 5.72. The third-order valence-corrected chi connectivity index (χ3v) is 3.12. The van der Waals surface area contributed by atoms with Crippen LogP contribution in [0.5, 0.6) is 0 Å². The predicted molar refractivity (Wildman–Crippen MR) is 75.6 cm³/mol. The van der Waals surface area contributed by atoms with Gasteiger partial charge in [0.2, 0.25) is 6.29 Å². The molecule has 0 N–H and O–H groups in total. The van der Waals surface area contributed by atoms with Crippen LogP contribution in [0.2, 0.25) is 0 Å². The lowest BCUT2D eigenvalue weighted by Gasteiger charge is -2.20. The summed E-state index contributed by atoms with van der Waals surface area (Å²) < 4.78 is 10.8. The second-order valence-corrected chi connectivity index (χ2v) is 4.69. The Morgan fingerprint density at radius 3 is 2.16 bits per heavy atom. The fraction of sp³-hybridized carbons (Fsp3) is 0.562. The number of hydrogen-bond acceptors (Lipinski definition) is 3. The Labute approximate surface area is 115 Å². The van der Waals surface area contributed by atoms with Crippen LogP contribution in [0.3, 0.4) is 0 Å². The average molecular weight is 264 g/mol. The van der Waals surface area contributed by atoms with E-state index >= 15 is 0 Å². The lowest BCUT2D eigenvalue weighted by atomic mass is 9.98. The van der Waals surface area contributed by atoms with Gasteiger partial charge in [-0.2, -0.15) is 0 Å². The van der Waals surface area contributed by atoms with Crippen molar-refractivity contribution in [3.05, 3.63) is 35.9 Å². The smallest absolute Gasteiger partial charge is 0.311 e. The van der Waals surface area contributed by atoms with Gasteiger partial charge < -0.3 is 9.47 Å². The number of rotatable bonds is 8. The molecule has 0 aliphatic heterocycles. The zero-order valence-electron chi connectivity index (χ0n) is 12.1. The maximum absolute atomic E-state index is 12.2. The van der Waals surface area contributed by atoms with Crippen LogP contribution in [0, 0.1) is 5.92 Å². The Hall–Kier alpha value is -1.35. The van der Waals surface area contributed by atoms with Crippen molar-refractivity contribution in [3.63, 3.8) is 0 Å². The molecule has 1 atom stereocenters. The molecule has 0 heterocycles. The number of esters is 1. The first-order valence-corrected chi connectivity index (χ1v) is 7.01. The molecule has 19 heavy (non-hydrogen) atoms. The Morgan fingerprint density at radius 2 is 1.68 bits per heavy atom. The second-order valence-electron chi connectivity index (χ2n) is 4.69. The van der Waals surface area contributed by atoms with Gasteiger partial charge in [0.05, 0.1) is 5.92 Å². The molecule has 3 heteroatoms. The molecule has 1 unspecified atom stereocenters. The van der Waals surface area contributed by atoms with Crippen molar-refractivity contribution in [2.45, 2.75) is 45.8 Å². The molecule has 0 bridgehead atoms. The number of benzene rings is 1. The molecular formula is C16H24O3. The van der Waals surface area contributed by atoms with Crippen LogP contribution in [0.15, 0.2) is 30.3 Å². The predicted octanol–water partition coefficient (Wildman–Crippen LogP) is 4.09. The molecule has 0 aliphatic rings. The van der Waals surface area contributed by atoms with Crippen molar-refractivity contribution in [3.8, 4) is 0 Å². The molecule has 0 spiro atoms. The lowest BCUT2D eigenvalue weighted by molar-refractivity contribution is -0.180. The standard InChI is InChI=1S/C16H24O3/c1-4-9-13(10-5-2)15(17)19-16(18-3)14-11-7-6-8-12-14/h6-8,11-13,16H,4-5,9-10H2,1-3H3. The van der Waals surface area contributed by atoms with Crippen LogP contribution in [-0.2, 0) is 14.3 Å². The number of ether oxygens (including phenoxy) is 2. The van der Waals surface area contributed by atoms with Crippen molar-refractivity contribution >= 4 is 5.97 Å². The molecular weight excluding hydrogens is 240 g/mol. The minimum atomic E-state index is -0.607. The van der Waals surface area contributed by atoms with Gasteiger partial charge in [-0.15, -0.1) is 0 Å². The van der Waals surface area contributed by atoms with Crippen molar-refractivity contribution in [1.82, 2.24) is 0 Å². The Bertz CT molecular complexity index is 356. The minimum absolute atomic E-state index is 0.0173. The monoisotopic (exact) mass is 264 g/mol. The maximum Gasteiger partial charge on any atom is 0.311 e. The van der Waals surface area contributed by atoms with E-state index in [0.717, 1.165) is 31.2 Å². The van der Waals surface area contributed by atoms with E-state index in [1.165, 1.54) is 0 Å². The molecule has 106 valence electrons. The van der Waals surface area contributed by atoms with E-state index in [4.69, 9.17) is 9.47 Å². The summed E-state index contributed by atoms with van der Waals surface area (Å²) in [7, 11) is 1.56. The molecule has 1 rings (SSSR count). The highest BCUT2D eigenvalue weighted by Crippen LogP contribution is 2.22. The van der Waals surface area contributed by atoms with Crippen molar-refractivity contribution < 1.29 is 14.3 Å². The molecule has 0 aliphatic carbocycles. The van der Waals surface area contributed by atoms with Gasteiger partial charge >= 0.3 is 5.97 Å². The van der Waals surface area contributed by atoms with Crippen molar-refractivity contribution in [2.24, 2.45) is 5.92 Å². The number of carbonyl (C=O) groups excluding carboxylic acids is 1. The van der Waals surface area contributed by atoms with E-state index in [2.05, 4.69) is 13.8 Å². The van der Waals surface area contributed by atoms with Crippen LogP contribution >= 0.6 is 0 Å². The van der Waals surface area contributed by atoms with Crippen LogP contribution in [0.4, 0.5) is 0 Å². The van der Waals surface area contributed by atoms with E-state index < -0.39 is 6.29 Å². The van der Waals surface area contributed by atoms with E-state index in [1.807, 2.05) is 30.3 Å². The van der Waals surface area contributed by atoms with Gasteiger partial charge in [-0.1, -0.05) is 57.0 Å². The minimum Gasteiger partial charge on any atom is -0.431 e. The van der Waals surface area contributed by atoms with Gasteiger partial charge in [0.15, 0.2) is 0 Å². The topological polar surface area (TPSA) is 35.5 Å². The average Bonchev–Trinajstić information content (AvgIpc) is 2.45.